The standard InChI is InChI=1S/C45H31N3/c1-5-13-32(14-6-1)36-21-23-46-42(28-36)40-25-38(26-41(27-40)43-29-37(22-24-47-43)33-15-7-2-8-16-33)39-30-44(34-17-9-3-10-18-34)48-45(31-39)35-19-11-4-12-20-35/h1-31H. The van der Waals surface area contributed by atoms with Gasteiger partial charge in [0.25, 0.3) is 0 Å². The number of aromatic nitrogens is 3. The second kappa shape index (κ2) is 13.1. The Labute approximate surface area is 280 Å². The summed E-state index contributed by atoms with van der Waals surface area (Å²) in [6.45, 7) is 0. The molecule has 3 heteroatoms. The lowest BCUT2D eigenvalue weighted by Crippen LogP contribution is -1.93. The normalized spacial score (nSPS) is 10.9. The van der Waals surface area contributed by atoms with Gasteiger partial charge in [-0.3, -0.25) is 9.97 Å². The maximum absolute atomic E-state index is 5.13. The summed E-state index contributed by atoms with van der Waals surface area (Å²) in [5.41, 5.74) is 14.5. The molecular formula is C45H31N3. The monoisotopic (exact) mass is 613 g/mol. The Balaban J connectivity index is 1.33. The first kappa shape index (κ1) is 29.0. The van der Waals surface area contributed by atoms with Gasteiger partial charge in [-0.15, -0.1) is 0 Å². The molecule has 0 aliphatic carbocycles. The predicted octanol–water partition coefficient (Wildman–Crippen LogP) is 11.5. The molecule has 0 radical (unpaired) electrons. The van der Waals surface area contributed by atoms with Crippen LogP contribution in [0.15, 0.2) is 188 Å². The highest BCUT2D eigenvalue weighted by molar-refractivity contribution is 5.84. The number of rotatable bonds is 7. The SMILES string of the molecule is c1ccc(-c2ccnc(-c3cc(-c4cc(-c5ccccc5)nc(-c5ccccc5)c4)cc(-c4cc(-c5ccccc5)ccn4)c3)c2)cc1. The van der Waals surface area contributed by atoms with Crippen molar-refractivity contribution in [1.82, 2.24) is 15.0 Å². The Morgan fingerprint density at radius 3 is 0.979 bits per heavy atom. The quantitative estimate of drug-likeness (QED) is 0.179. The minimum atomic E-state index is 0.902. The van der Waals surface area contributed by atoms with Gasteiger partial charge >= 0.3 is 0 Å². The Bertz CT molecular complexity index is 2160. The number of nitrogens with zero attached hydrogens (tertiary/aromatic N) is 3. The van der Waals surface area contributed by atoms with Crippen molar-refractivity contribution in [2.45, 2.75) is 0 Å². The number of benzene rings is 5. The molecule has 0 spiro atoms. The average Bonchev–Trinajstić information content (AvgIpc) is 3.19. The minimum Gasteiger partial charge on any atom is -0.256 e. The third-order valence-electron chi connectivity index (χ3n) is 8.56. The van der Waals surface area contributed by atoms with Crippen LogP contribution in [0.4, 0.5) is 0 Å². The van der Waals surface area contributed by atoms with Crippen LogP contribution in [-0.4, -0.2) is 15.0 Å². The first-order valence-electron chi connectivity index (χ1n) is 16.1. The maximum Gasteiger partial charge on any atom is 0.0715 e. The van der Waals surface area contributed by atoms with Crippen LogP contribution in [0.2, 0.25) is 0 Å². The van der Waals surface area contributed by atoms with Crippen LogP contribution < -0.4 is 0 Å². The summed E-state index contributed by atoms with van der Waals surface area (Å²) in [6, 6.07) is 61.1. The summed E-state index contributed by atoms with van der Waals surface area (Å²) in [7, 11) is 0. The molecular weight excluding hydrogens is 583 g/mol. The fourth-order valence-corrected chi connectivity index (χ4v) is 6.10. The first-order chi connectivity index (χ1) is 23.8. The topological polar surface area (TPSA) is 38.7 Å². The van der Waals surface area contributed by atoms with E-state index in [0.29, 0.717) is 0 Å². The highest BCUT2D eigenvalue weighted by Crippen LogP contribution is 2.36. The number of pyridine rings is 3. The van der Waals surface area contributed by atoms with Crippen molar-refractivity contribution in [3.63, 3.8) is 0 Å². The van der Waals surface area contributed by atoms with E-state index < -0.39 is 0 Å². The summed E-state index contributed by atoms with van der Waals surface area (Å²) in [5, 5.41) is 0. The van der Waals surface area contributed by atoms with Crippen molar-refractivity contribution >= 4 is 0 Å². The van der Waals surface area contributed by atoms with E-state index in [1.807, 2.05) is 36.7 Å². The molecule has 8 aromatic rings. The van der Waals surface area contributed by atoms with E-state index >= 15 is 0 Å². The van der Waals surface area contributed by atoms with Crippen molar-refractivity contribution in [1.29, 1.82) is 0 Å². The molecule has 0 aliphatic rings. The Morgan fingerprint density at radius 1 is 0.229 bits per heavy atom. The van der Waals surface area contributed by atoms with E-state index in [9.17, 15) is 0 Å². The zero-order chi connectivity index (χ0) is 32.1. The molecule has 0 fully saturated rings. The van der Waals surface area contributed by atoms with Crippen LogP contribution in [0.1, 0.15) is 0 Å². The fourth-order valence-electron chi connectivity index (χ4n) is 6.10. The fraction of sp³-hybridized carbons (Fsp3) is 0. The summed E-state index contributed by atoms with van der Waals surface area (Å²) in [4.78, 5) is 14.9. The average molecular weight is 614 g/mol. The summed E-state index contributed by atoms with van der Waals surface area (Å²) in [5.74, 6) is 0. The molecule has 0 bridgehead atoms. The number of hydrogen-bond acceptors (Lipinski definition) is 3. The Hall–Kier alpha value is -6.45. The van der Waals surface area contributed by atoms with Gasteiger partial charge in [0, 0.05) is 34.6 Å². The van der Waals surface area contributed by atoms with Crippen LogP contribution >= 0.6 is 0 Å². The van der Waals surface area contributed by atoms with Crippen LogP contribution in [0.25, 0.3) is 78.4 Å². The van der Waals surface area contributed by atoms with Gasteiger partial charge < -0.3 is 0 Å². The third-order valence-corrected chi connectivity index (χ3v) is 8.56. The van der Waals surface area contributed by atoms with E-state index in [-0.39, 0.29) is 0 Å². The second-order valence-corrected chi connectivity index (χ2v) is 11.7. The Morgan fingerprint density at radius 2 is 0.562 bits per heavy atom. The van der Waals surface area contributed by atoms with Gasteiger partial charge in [-0.25, -0.2) is 4.98 Å². The third kappa shape index (κ3) is 6.18. The molecule has 0 aliphatic heterocycles. The van der Waals surface area contributed by atoms with Crippen LogP contribution in [-0.2, 0) is 0 Å². The molecule has 8 rings (SSSR count). The molecule has 0 unspecified atom stereocenters. The molecule has 5 aromatic carbocycles. The van der Waals surface area contributed by atoms with Crippen molar-refractivity contribution in [3.8, 4) is 78.4 Å². The molecule has 0 saturated heterocycles. The highest BCUT2D eigenvalue weighted by Gasteiger charge is 2.14. The molecule has 3 heterocycles. The van der Waals surface area contributed by atoms with Gasteiger partial charge in [-0.1, -0.05) is 121 Å². The lowest BCUT2D eigenvalue weighted by molar-refractivity contribution is 1.30. The van der Waals surface area contributed by atoms with E-state index in [0.717, 1.165) is 78.4 Å². The Kier molecular flexibility index (Phi) is 7.92. The summed E-state index contributed by atoms with van der Waals surface area (Å²) in [6.07, 6.45) is 3.79. The van der Waals surface area contributed by atoms with Crippen molar-refractivity contribution in [3.05, 3.63) is 188 Å². The van der Waals surface area contributed by atoms with Crippen molar-refractivity contribution in [2.24, 2.45) is 0 Å². The molecule has 48 heavy (non-hydrogen) atoms. The minimum absolute atomic E-state index is 0.902. The van der Waals surface area contributed by atoms with Gasteiger partial charge in [0.1, 0.15) is 0 Å². The zero-order valence-electron chi connectivity index (χ0n) is 26.2. The molecule has 0 amide bonds. The second-order valence-electron chi connectivity index (χ2n) is 11.7. The molecule has 3 aromatic heterocycles. The van der Waals surface area contributed by atoms with Crippen LogP contribution in [0, 0.1) is 0 Å². The highest BCUT2D eigenvalue weighted by atomic mass is 14.7. The van der Waals surface area contributed by atoms with Gasteiger partial charge in [-0.2, -0.15) is 0 Å². The van der Waals surface area contributed by atoms with Crippen molar-refractivity contribution < 1.29 is 0 Å². The van der Waals surface area contributed by atoms with Crippen molar-refractivity contribution in [2.75, 3.05) is 0 Å². The number of hydrogen-bond donors (Lipinski definition) is 0. The lowest BCUT2D eigenvalue weighted by Gasteiger charge is -2.14. The molecule has 3 nitrogen and oxygen atoms in total. The predicted molar refractivity (Wildman–Crippen MR) is 198 cm³/mol. The lowest BCUT2D eigenvalue weighted by atomic mass is 9.93. The summed E-state index contributed by atoms with van der Waals surface area (Å²) < 4.78 is 0. The maximum atomic E-state index is 5.13. The zero-order valence-corrected chi connectivity index (χ0v) is 26.2. The van der Waals surface area contributed by atoms with E-state index in [2.05, 4.69) is 152 Å². The smallest absolute Gasteiger partial charge is 0.0715 e. The van der Waals surface area contributed by atoms with Gasteiger partial charge in [0.2, 0.25) is 0 Å². The molecule has 0 N–H and O–H groups in total. The van der Waals surface area contributed by atoms with Crippen LogP contribution in [0.5, 0.6) is 0 Å². The van der Waals surface area contributed by atoms with Gasteiger partial charge in [0.05, 0.1) is 22.8 Å². The molecule has 226 valence electrons. The van der Waals surface area contributed by atoms with Crippen LogP contribution in [0.3, 0.4) is 0 Å². The van der Waals surface area contributed by atoms with Gasteiger partial charge in [0.15, 0.2) is 0 Å². The van der Waals surface area contributed by atoms with E-state index in [4.69, 9.17) is 15.0 Å². The van der Waals surface area contributed by atoms with E-state index in [1.54, 1.807) is 0 Å². The first-order valence-corrected chi connectivity index (χ1v) is 16.1. The molecule has 0 atom stereocenters. The van der Waals surface area contributed by atoms with E-state index in [1.165, 1.54) is 0 Å². The molecule has 0 saturated carbocycles. The largest absolute Gasteiger partial charge is 0.256 e. The summed E-state index contributed by atoms with van der Waals surface area (Å²) >= 11 is 0. The van der Waals surface area contributed by atoms with Gasteiger partial charge in [-0.05, 0) is 88.0 Å².